The second kappa shape index (κ2) is 4.74. The molecule has 1 aliphatic carbocycles. The van der Waals surface area contributed by atoms with Crippen molar-refractivity contribution in [2.75, 3.05) is 0 Å². The molecule has 3 heteroatoms. The highest BCUT2D eigenvalue weighted by atomic mass is 16.1. The number of nitrogens with zero attached hydrogens (tertiary/aromatic N) is 2. The van der Waals surface area contributed by atoms with Gasteiger partial charge in [0.15, 0.2) is 5.78 Å². The zero-order valence-electron chi connectivity index (χ0n) is 11.3. The number of carbonyl (C=O) groups excluding carboxylic acids is 1. The fourth-order valence-electron chi connectivity index (χ4n) is 2.71. The molecule has 0 saturated heterocycles. The second-order valence-corrected chi connectivity index (χ2v) is 4.72. The minimum absolute atomic E-state index is 0.0366. The van der Waals surface area contributed by atoms with Gasteiger partial charge in [-0.3, -0.25) is 4.79 Å². The highest BCUT2D eigenvalue weighted by molar-refractivity contribution is 6.28. The summed E-state index contributed by atoms with van der Waals surface area (Å²) in [7, 11) is 0. The van der Waals surface area contributed by atoms with Gasteiger partial charge in [-0.1, -0.05) is 30.3 Å². The van der Waals surface area contributed by atoms with Gasteiger partial charge in [0.1, 0.15) is 0 Å². The van der Waals surface area contributed by atoms with Crippen LogP contribution in [0.2, 0.25) is 0 Å². The average Bonchev–Trinajstić information content (AvgIpc) is 2.79. The number of Topliss-reactive ketones (excluding diaryl/α,β-unsaturated/α-hetero) is 1. The molecule has 0 fully saturated rings. The number of nitriles is 1. The van der Waals surface area contributed by atoms with Crippen LogP contribution >= 0.6 is 0 Å². The lowest BCUT2D eigenvalue weighted by molar-refractivity contribution is 0.104. The van der Waals surface area contributed by atoms with Crippen molar-refractivity contribution in [1.82, 2.24) is 0 Å². The monoisotopic (exact) mass is 270 g/mol. The molecule has 2 aromatic carbocycles. The van der Waals surface area contributed by atoms with Gasteiger partial charge in [-0.15, -0.1) is 0 Å². The van der Waals surface area contributed by atoms with Crippen molar-refractivity contribution in [3.05, 3.63) is 76.3 Å². The van der Waals surface area contributed by atoms with Crippen LogP contribution in [0.25, 0.3) is 21.2 Å². The number of carbonyl (C=O) groups is 1. The van der Waals surface area contributed by atoms with E-state index in [0.717, 1.165) is 10.8 Å². The molecule has 0 aliphatic heterocycles. The van der Waals surface area contributed by atoms with E-state index in [9.17, 15) is 4.79 Å². The number of benzene rings is 2. The maximum absolute atomic E-state index is 12.5. The van der Waals surface area contributed by atoms with Gasteiger partial charge in [0.2, 0.25) is 0 Å². The van der Waals surface area contributed by atoms with Crippen LogP contribution in [0.15, 0.2) is 53.7 Å². The van der Waals surface area contributed by atoms with E-state index in [1.54, 1.807) is 13.0 Å². The first-order chi connectivity index (χ1) is 10.2. The molecule has 0 bridgehead atoms. The minimum atomic E-state index is -0.121. The molecule has 0 amide bonds. The third kappa shape index (κ3) is 1.76. The lowest BCUT2D eigenvalue weighted by Crippen LogP contribution is -1.95. The van der Waals surface area contributed by atoms with E-state index in [4.69, 9.17) is 11.8 Å². The predicted molar refractivity (Wildman–Crippen MR) is 81.2 cm³/mol. The fraction of sp³-hybridized carbons (Fsp3) is 0.0556. The van der Waals surface area contributed by atoms with Crippen LogP contribution < -0.4 is 0 Å². The number of allylic oxidation sites excluding steroid dienone is 4. The molecule has 3 rings (SSSR count). The highest BCUT2D eigenvalue weighted by Crippen LogP contribution is 2.40. The van der Waals surface area contributed by atoms with Crippen LogP contribution in [0.3, 0.4) is 0 Å². The minimum Gasteiger partial charge on any atom is -0.289 e. The van der Waals surface area contributed by atoms with Crippen molar-refractivity contribution in [2.24, 2.45) is 0 Å². The van der Waals surface area contributed by atoms with Gasteiger partial charge in [-0.2, -0.15) is 0 Å². The molecule has 3 nitrogen and oxygen atoms in total. The highest BCUT2D eigenvalue weighted by Gasteiger charge is 2.31. The maximum atomic E-state index is 12.5. The second-order valence-electron chi connectivity index (χ2n) is 4.72. The van der Waals surface area contributed by atoms with Crippen molar-refractivity contribution in [3.63, 3.8) is 0 Å². The molecule has 1 aliphatic rings. The lowest BCUT2D eigenvalue weighted by atomic mass is 9.99. The Balaban J connectivity index is 2.46. The average molecular weight is 270 g/mol. The Morgan fingerprint density at radius 2 is 1.86 bits per heavy atom. The first kappa shape index (κ1) is 12.8. The van der Waals surface area contributed by atoms with Gasteiger partial charge in [0.05, 0.1) is 12.6 Å². The molecule has 2 aromatic rings. The summed E-state index contributed by atoms with van der Waals surface area (Å²) in [5, 5.41) is 11.1. The SMILES string of the molecule is [C-]#[N+]/C(C#N)=C1\C(=C\C)C(=O)c2cc3ccccc3cc21. The van der Waals surface area contributed by atoms with Crippen LogP contribution in [0.5, 0.6) is 0 Å². The molecular weight excluding hydrogens is 260 g/mol. The van der Waals surface area contributed by atoms with Gasteiger partial charge in [-0.05, 0) is 35.4 Å². The Morgan fingerprint density at radius 3 is 2.38 bits per heavy atom. The number of hydrogen-bond donors (Lipinski definition) is 0. The zero-order chi connectivity index (χ0) is 15.0. The largest absolute Gasteiger partial charge is 0.289 e. The zero-order valence-corrected chi connectivity index (χ0v) is 11.3. The summed E-state index contributed by atoms with van der Waals surface area (Å²) in [6.07, 6.45) is 1.67. The Hall–Kier alpha value is -3.17. The molecule has 0 spiro atoms. The first-order valence-electron chi connectivity index (χ1n) is 6.47. The Bertz CT molecular complexity index is 918. The Labute approximate surface area is 122 Å². The van der Waals surface area contributed by atoms with Crippen molar-refractivity contribution in [3.8, 4) is 6.07 Å². The summed E-state index contributed by atoms with van der Waals surface area (Å²) in [6, 6.07) is 13.4. The van der Waals surface area contributed by atoms with Crippen LogP contribution in [-0.4, -0.2) is 5.78 Å². The summed E-state index contributed by atoms with van der Waals surface area (Å²) >= 11 is 0. The molecule has 21 heavy (non-hydrogen) atoms. The van der Waals surface area contributed by atoms with Crippen LogP contribution in [-0.2, 0) is 0 Å². The normalized spacial score (nSPS) is 17.5. The van der Waals surface area contributed by atoms with E-state index in [2.05, 4.69) is 4.85 Å². The molecule has 0 atom stereocenters. The Morgan fingerprint density at radius 1 is 1.24 bits per heavy atom. The summed E-state index contributed by atoms with van der Waals surface area (Å²) in [5.74, 6) is -0.121. The molecule has 98 valence electrons. The maximum Gasteiger partial charge on any atom is 0.270 e. The van der Waals surface area contributed by atoms with Crippen LogP contribution in [0.1, 0.15) is 22.8 Å². The smallest absolute Gasteiger partial charge is 0.270 e. The third-order valence-electron chi connectivity index (χ3n) is 3.66. The summed E-state index contributed by atoms with van der Waals surface area (Å²) in [6.45, 7) is 8.91. The summed E-state index contributed by atoms with van der Waals surface area (Å²) < 4.78 is 0. The number of ketones is 1. The summed E-state index contributed by atoms with van der Waals surface area (Å²) in [5.41, 5.74) is 2.10. The van der Waals surface area contributed by atoms with Gasteiger partial charge < -0.3 is 0 Å². The lowest BCUT2D eigenvalue weighted by Gasteiger charge is -2.04. The van der Waals surface area contributed by atoms with E-state index in [1.165, 1.54) is 0 Å². The van der Waals surface area contributed by atoms with Gasteiger partial charge in [-0.25, -0.2) is 10.1 Å². The molecule has 0 radical (unpaired) electrons. The van der Waals surface area contributed by atoms with Crippen LogP contribution in [0.4, 0.5) is 0 Å². The van der Waals surface area contributed by atoms with Gasteiger partial charge in [0.25, 0.3) is 5.70 Å². The van der Waals surface area contributed by atoms with Gasteiger partial charge >= 0.3 is 0 Å². The first-order valence-corrected chi connectivity index (χ1v) is 6.47. The van der Waals surface area contributed by atoms with E-state index in [0.29, 0.717) is 22.3 Å². The van der Waals surface area contributed by atoms with Crippen molar-refractivity contribution in [1.29, 1.82) is 5.26 Å². The number of fused-ring (bicyclic) bond motifs is 2. The van der Waals surface area contributed by atoms with Crippen molar-refractivity contribution < 1.29 is 4.79 Å². The molecular formula is C18H10N2O. The number of rotatable bonds is 0. The topological polar surface area (TPSA) is 45.2 Å². The van der Waals surface area contributed by atoms with E-state index in [-0.39, 0.29) is 11.5 Å². The van der Waals surface area contributed by atoms with Crippen LogP contribution in [0, 0.1) is 17.9 Å². The Kier molecular flexibility index (Phi) is 2.90. The molecule has 0 saturated carbocycles. The quantitative estimate of drug-likeness (QED) is 0.410. The summed E-state index contributed by atoms with van der Waals surface area (Å²) in [4.78, 5) is 15.8. The van der Waals surface area contributed by atoms with E-state index >= 15 is 0 Å². The molecule has 0 N–H and O–H groups in total. The van der Waals surface area contributed by atoms with Crippen molar-refractivity contribution in [2.45, 2.75) is 6.92 Å². The third-order valence-corrected chi connectivity index (χ3v) is 3.66. The fourth-order valence-corrected chi connectivity index (χ4v) is 2.71. The predicted octanol–water partition coefficient (Wildman–Crippen LogP) is 4.14. The molecule has 0 aromatic heterocycles. The van der Waals surface area contributed by atoms with E-state index < -0.39 is 0 Å². The van der Waals surface area contributed by atoms with Crippen molar-refractivity contribution >= 4 is 22.1 Å². The van der Waals surface area contributed by atoms with E-state index in [1.807, 2.05) is 42.5 Å². The standard InChI is InChI=1S/C18H10N2O/c1-3-13-17(16(10-19)20-2)14-8-11-6-4-5-7-12(11)9-15(14)18(13)21/h3-9H,1H3/b13-3-,17-16+. The van der Waals surface area contributed by atoms with Gasteiger partial charge in [0, 0.05) is 16.7 Å². The number of hydrogen-bond acceptors (Lipinski definition) is 2. The molecule has 0 heterocycles. The molecule has 0 unspecified atom stereocenters.